The van der Waals surface area contributed by atoms with Gasteiger partial charge in [-0.1, -0.05) is 11.6 Å². The van der Waals surface area contributed by atoms with Crippen LogP contribution in [0.2, 0.25) is 5.02 Å². The lowest BCUT2D eigenvalue weighted by molar-refractivity contribution is 0.341. The highest BCUT2D eigenvalue weighted by atomic mass is 79.9. The summed E-state index contributed by atoms with van der Waals surface area (Å²) in [5, 5.41) is 3.78. The molecule has 0 atom stereocenters. The lowest BCUT2D eigenvalue weighted by Gasteiger charge is -2.07. The zero-order chi connectivity index (χ0) is 10.1. The van der Waals surface area contributed by atoms with Crippen LogP contribution in [0.1, 0.15) is 6.92 Å². The van der Waals surface area contributed by atoms with Crippen LogP contribution >= 0.6 is 38.9 Å². The van der Waals surface area contributed by atoms with Crippen molar-refractivity contribution in [3.05, 3.63) is 27.0 Å². The predicted molar refractivity (Wildman–Crippen MR) is 65.7 cm³/mol. The van der Waals surface area contributed by atoms with Gasteiger partial charge >= 0.3 is 0 Å². The van der Waals surface area contributed by atoms with Crippen molar-refractivity contribution in [1.29, 1.82) is 0 Å². The third kappa shape index (κ3) is 1.64. The van der Waals surface area contributed by atoms with Gasteiger partial charge in [0.05, 0.1) is 16.3 Å². The average molecular weight is 292 g/mol. The number of benzene rings is 1. The second-order valence-electron chi connectivity index (χ2n) is 2.77. The summed E-state index contributed by atoms with van der Waals surface area (Å²) in [5.41, 5.74) is 0. The maximum atomic E-state index is 6.19. The van der Waals surface area contributed by atoms with Crippen LogP contribution < -0.4 is 4.74 Å². The van der Waals surface area contributed by atoms with E-state index in [0.717, 1.165) is 15.6 Å². The molecule has 0 amide bonds. The topological polar surface area (TPSA) is 9.23 Å². The van der Waals surface area contributed by atoms with Crippen molar-refractivity contribution < 1.29 is 4.74 Å². The fraction of sp³-hybridized carbons (Fsp3) is 0.200. The average Bonchev–Trinajstić information content (AvgIpc) is 2.63. The Bertz CT molecular complexity index is 466. The molecule has 2 aromatic rings. The summed E-state index contributed by atoms with van der Waals surface area (Å²) in [7, 11) is 0. The van der Waals surface area contributed by atoms with E-state index in [1.54, 1.807) is 11.3 Å². The van der Waals surface area contributed by atoms with E-state index in [2.05, 4.69) is 15.9 Å². The van der Waals surface area contributed by atoms with Gasteiger partial charge in [-0.05, 0) is 40.4 Å². The standard InChI is InChI=1S/C10H8BrClOS/c1-2-13-8-5-7(11)10-6(9(8)12)3-4-14-10/h3-5H,2H2,1H3. The van der Waals surface area contributed by atoms with E-state index in [1.807, 2.05) is 24.4 Å². The Labute approximate surface area is 99.8 Å². The number of fused-ring (bicyclic) bond motifs is 1. The fourth-order valence-electron chi connectivity index (χ4n) is 1.30. The Morgan fingerprint density at radius 3 is 3.07 bits per heavy atom. The van der Waals surface area contributed by atoms with Crippen molar-refractivity contribution in [2.24, 2.45) is 0 Å². The molecule has 0 radical (unpaired) electrons. The van der Waals surface area contributed by atoms with Gasteiger partial charge in [-0.3, -0.25) is 0 Å². The van der Waals surface area contributed by atoms with Gasteiger partial charge in [0.15, 0.2) is 0 Å². The molecule has 1 heterocycles. The Morgan fingerprint density at radius 1 is 1.57 bits per heavy atom. The third-order valence-electron chi connectivity index (χ3n) is 1.89. The second kappa shape index (κ2) is 4.09. The quantitative estimate of drug-likeness (QED) is 0.778. The lowest BCUT2D eigenvalue weighted by Crippen LogP contribution is -1.92. The highest BCUT2D eigenvalue weighted by Gasteiger charge is 2.10. The maximum absolute atomic E-state index is 6.19. The first-order valence-electron chi connectivity index (χ1n) is 4.22. The summed E-state index contributed by atoms with van der Waals surface area (Å²) < 4.78 is 7.64. The second-order valence-corrected chi connectivity index (χ2v) is 4.92. The van der Waals surface area contributed by atoms with Crippen LogP contribution in [0.4, 0.5) is 0 Å². The van der Waals surface area contributed by atoms with E-state index in [0.29, 0.717) is 11.6 Å². The van der Waals surface area contributed by atoms with E-state index in [1.165, 1.54) is 4.70 Å². The van der Waals surface area contributed by atoms with Gasteiger partial charge in [-0.15, -0.1) is 11.3 Å². The molecule has 1 aromatic heterocycles. The lowest BCUT2D eigenvalue weighted by atomic mass is 10.2. The third-order valence-corrected chi connectivity index (χ3v) is 4.12. The minimum Gasteiger partial charge on any atom is -0.492 e. The van der Waals surface area contributed by atoms with Crippen LogP contribution in [0.3, 0.4) is 0 Å². The van der Waals surface area contributed by atoms with Crippen LogP contribution in [0.15, 0.2) is 22.0 Å². The molecule has 0 N–H and O–H groups in total. The van der Waals surface area contributed by atoms with Gasteiger partial charge in [0, 0.05) is 9.86 Å². The first-order chi connectivity index (χ1) is 6.74. The van der Waals surface area contributed by atoms with E-state index >= 15 is 0 Å². The summed E-state index contributed by atoms with van der Waals surface area (Å²) >= 11 is 11.4. The molecule has 0 spiro atoms. The molecule has 74 valence electrons. The van der Waals surface area contributed by atoms with Crippen LogP contribution in [0, 0.1) is 0 Å². The summed E-state index contributed by atoms with van der Waals surface area (Å²) in [6.07, 6.45) is 0. The molecular weight excluding hydrogens is 284 g/mol. The molecule has 0 aliphatic carbocycles. The van der Waals surface area contributed by atoms with Crippen LogP contribution in [0.5, 0.6) is 5.75 Å². The molecule has 0 bridgehead atoms. The van der Waals surface area contributed by atoms with E-state index in [9.17, 15) is 0 Å². The van der Waals surface area contributed by atoms with Crippen molar-refractivity contribution in [2.75, 3.05) is 6.61 Å². The summed E-state index contributed by atoms with van der Waals surface area (Å²) in [6.45, 7) is 2.57. The number of halogens is 2. The highest BCUT2D eigenvalue weighted by Crippen LogP contribution is 2.40. The number of thiophene rings is 1. The van der Waals surface area contributed by atoms with Gasteiger partial charge in [-0.2, -0.15) is 0 Å². The zero-order valence-electron chi connectivity index (χ0n) is 7.51. The molecule has 1 nitrogen and oxygen atoms in total. The molecule has 0 saturated heterocycles. The normalized spacial score (nSPS) is 10.8. The molecule has 0 unspecified atom stereocenters. The van der Waals surface area contributed by atoms with E-state index in [4.69, 9.17) is 16.3 Å². The monoisotopic (exact) mass is 290 g/mol. The Morgan fingerprint density at radius 2 is 2.36 bits per heavy atom. The van der Waals surface area contributed by atoms with Crippen LogP contribution in [0.25, 0.3) is 10.1 Å². The van der Waals surface area contributed by atoms with Gasteiger partial charge < -0.3 is 4.74 Å². The smallest absolute Gasteiger partial charge is 0.139 e. The number of rotatable bonds is 2. The SMILES string of the molecule is CCOc1cc(Br)c2sccc2c1Cl. The maximum Gasteiger partial charge on any atom is 0.139 e. The molecule has 14 heavy (non-hydrogen) atoms. The summed E-state index contributed by atoms with van der Waals surface area (Å²) in [5.74, 6) is 0.743. The first kappa shape index (κ1) is 10.3. The zero-order valence-corrected chi connectivity index (χ0v) is 10.7. The Hall–Kier alpha value is -0.250. The number of ether oxygens (including phenoxy) is 1. The molecule has 0 fully saturated rings. The van der Waals surface area contributed by atoms with Crippen molar-refractivity contribution in [3.63, 3.8) is 0 Å². The number of hydrogen-bond acceptors (Lipinski definition) is 2. The van der Waals surface area contributed by atoms with Crippen molar-refractivity contribution >= 4 is 49.0 Å². The van der Waals surface area contributed by atoms with E-state index < -0.39 is 0 Å². The number of hydrogen-bond donors (Lipinski definition) is 0. The first-order valence-corrected chi connectivity index (χ1v) is 6.27. The fourth-order valence-corrected chi connectivity index (χ4v) is 3.14. The van der Waals surface area contributed by atoms with E-state index in [-0.39, 0.29) is 0 Å². The molecule has 0 saturated carbocycles. The van der Waals surface area contributed by atoms with Crippen molar-refractivity contribution in [1.82, 2.24) is 0 Å². The van der Waals surface area contributed by atoms with Crippen LogP contribution in [-0.4, -0.2) is 6.61 Å². The molecule has 0 aliphatic heterocycles. The van der Waals surface area contributed by atoms with Crippen molar-refractivity contribution in [2.45, 2.75) is 6.92 Å². The van der Waals surface area contributed by atoms with Gasteiger partial charge in [0.25, 0.3) is 0 Å². The van der Waals surface area contributed by atoms with Crippen molar-refractivity contribution in [3.8, 4) is 5.75 Å². The largest absolute Gasteiger partial charge is 0.492 e. The predicted octanol–water partition coefficient (Wildman–Crippen LogP) is 4.72. The highest BCUT2D eigenvalue weighted by molar-refractivity contribution is 9.10. The molecule has 4 heteroatoms. The minimum absolute atomic E-state index is 0.627. The molecule has 0 aliphatic rings. The van der Waals surface area contributed by atoms with Gasteiger partial charge in [0.2, 0.25) is 0 Å². The molecule has 2 rings (SSSR count). The summed E-state index contributed by atoms with van der Waals surface area (Å²) in [6, 6.07) is 3.93. The minimum atomic E-state index is 0.627. The summed E-state index contributed by atoms with van der Waals surface area (Å²) in [4.78, 5) is 0. The molecular formula is C10H8BrClOS. The van der Waals surface area contributed by atoms with Gasteiger partial charge in [-0.25, -0.2) is 0 Å². The van der Waals surface area contributed by atoms with Crippen LogP contribution in [-0.2, 0) is 0 Å². The molecule has 1 aromatic carbocycles. The van der Waals surface area contributed by atoms with Gasteiger partial charge in [0.1, 0.15) is 5.75 Å². The Balaban J connectivity index is 2.68. The Kier molecular flexibility index (Phi) is 3.00.